The fourth-order valence-electron chi connectivity index (χ4n) is 4.16. The lowest BCUT2D eigenvalue weighted by Crippen LogP contribution is -2.52. The molecule has 1 aliphatic heterocycles. The minimum atomic E-state index is -3.51. The molecule has 1 unspecified atom stereocenters. The van der Waals surface area contributed by atoms with Gasteiger partial charge in [-0.1, -0.05) is 51.1 Å². The molecule has 7 nitrogen and oxygen atoms in total. The molecule has 1 atom stereocenters. The SMILES string of the molecule is CCCS(=O)(=O)N(CC(=O)N(Cc1ccccc1)C1CCN(C(=O)C(C)Cl)CC1)CC(C)C. The van der Waals surface area contributed by atoms with Crippen LogP contribution in [0.5, 0.6) is 0 Å². The molecule has 0 saturated carbocycles. The summed E-state index contributed by atoms with van der Waals surface area (Å²) in [5.41, 5.74) is 0.991. The van der Waals surface area contributed by atoms with Crippen LogP contribution >= 0.6 is 11.6 Å². The first-order chi connectivity index (χ1) is 15.5. The van der Waals surface area contributed by atoms with E-state index in [9.17, 15) is 18.0 Å². The van der Waals surface area contributed by atoms with Gasteiger partial charge >= 0.3 is 0 Å². The van der Waals surface area contributed by atoms with Crippen molar-refractivity contribution in [1.82, 2.24) is 14.1 Å². The second kappa shape index (κ2) is 12.7. The highest BCUT2D eigenvalue weighted by molar-refractivity contribution is 7.89. The maximum absolute atomic E-state index is 13.5. The van der Waals surface area contributed by atoms with Gasteiger partial charge in [0, 0.05) is 32.2 Å². The Morgan fingerprint density at radius 3 is 2.24 bits per heavy atom. The first-order valence-electron chi connectivity index (χ1n) is 11.8. The summed E-state index contributed by atoms with van der Waals surface area (Å²) < 4.78 is 27.0. The van der Waals surface area contributed by atoms with E-state index in [0.717, 1.165) is 5.56 Å². The highest BCUT2D eigenvalue weighted by Gasteiger charge is 2.33. The minimum absolute atomic E-state index is 0.0306. The zero-order valence-corrected chi connectivity index (χ0v) is 21.8. The van der Waals surface area contributed by atoms with Crippen molar-refractivity contribution in [1.29, 1.82) is 0 Å². The zero-order valence-electron chi connectivity index (χ0n) is 20.2. The van der Waals surface area contributed by atoms with Gasteiger partial charge in [0.25, 0.3) is 0 Å². The second-order valence-corrected chi connectivity index (χ2v) is 11.9. The van der Waals surface area contributed by atoms with Crippen LogP contribution in [0.2, 0.25) is 0 Å². The molecule has 0 spiro atoms. The first-order valence-corrected chi connectivity index (χ1v) is 13.8. The van der Waals surface area contributed by atoms with Crippen LogP contribution in [0.25, 0.3) is 0 Å². The van der Waals surface area contributed by atoms with E-state index in [0.29, 0.717) is 45.4 Å². The van der Waals surface area contributed by atoms with Gasteiger partial charge in [-0.05, 0) is 37.7 Å². The predicted molar refractivity (Wildman–Crippen MR) is 132 cm³/mol. The van der Waals surface area contributed by atoms with E-state index in [1.54, 1.807) is 16.7 Å². The van der Waals surface area contributed by atoms with Gasteiger partial charge in [-0.25, -0.2) is 8.42 Å². The molecule has 0 bridgehead atoms. The number of rotatable bonds is 11. The van der Waals surface area contributed by atoms with Crippen LogP contribution in [-0.4, -0.2) is 77.7 Å². The highest BCUT2D eigenvalue weighted by atomic mass is 35.5. The standard InChI is InChI=1S/C24H38ClN3O4S/c1-5-15-33(31,32)27(16-19(2)3)18-23(29)28(17-21-9-7-6-8-10-21)22-11-13-26(14-12-22)24(30)20(4)25/h6-10,19-20,22H,5,11-18H2,1-4H3. The number of sulfonamides is 1. The average Bonchev–Trinajstić information content (AvgIpc) is 2.77. The maximum atomic E-state index is 13.5. The normalized spacial score (nSPS) is 16.3. The van der Waals surface area contributed by atoms with Gasteiger partial charge in [0.15, 0.2) is 0 Å². The van der Waals surface area contributed by atoms with Gasteiger partial charge in [0.05, 0.1) is 12.3 Å². The minimum Gasteiger partial charge on any atom is -0.341 e. The van der Waals surface area contributed by atoms with Crippen LogP contribution in [0, 0.1) is 5.92 Å². The summed E-state index contributed by atoms with van der Waals surface area (Å²) in [6.45, 7) is 9.02. The summed E-state index contributed by atoms with van der Waals surface area (Å²) in [6.07, 6.45) is 1.78. The fraction of sp³-hybridized carbons (Fsp3) is 0.667. The molecule has 1 saturated heterocycles. The largest absolute Gasteiger partial charge is 0.341 e. The van der Waals surface area contributed by atoms with Gasteiger partial charge in [-0.3, -0.25) is 9.59 Å². The fourth-order valence-corrected chi connectivity index (χ4v) is 5.91. The Balaban J connectivity index is 2.22. The molecule has 1 aromatic carbocycles. The van der Waals surface area contributed by atoms with Crippen molar-refractivity contribution in [2.24, 2.45) is 5.92 Å². The molecule has 1 aliphatic rings. The Hall–Kier alpha value is -1.64. The van der Waals surface area contributed by atoms with Crippen molar-refractivity contribution in [3.63, 3.8) is 0 Å². The van der Waals surface area contributed by atoms with E-state index < -0.39 is 15.4 Å². The maximum Gasteiger partial charge on any atom is 0.240 e. The van der Waals surface area contributed by atoms with Crippen molar-refractivity contribution < 1.29 is 18.0 Å². The Bertz CT molecular complexity index is 869. The number of nitrogens with zero attached hydrogens (tertiary/aromatic N) is 3. The number of halogens is 1. The van der Waals surface area contributed by atoms with E-state index in [4.69, 9.17) is 11.6 Å². The molecule has 2 amide bonds. The van der Waals surface area contributed by atoms with Gasteiger partial charge in [0.1, 0.15) is 5.38 Å². The summed E-state index contributed by atoms with van der Waals surface area (Å²) >= 11 is 5.97. The number of carbonyl (C=O) groups is 2. The molecule has 33 heavy (non-hydrogen) atoms. The smallest absolute Gasteiger partial charge is 0.240 e. The van der Waals surface area contributed by atoms with E-state index in [-0.39, 0.29) is 36.1 Å². The van der Waals surface area contributed by atoms with Crippen molar-refractivity contribution in [3.8, 4) is 0 Å². The number of carbonyl (C=O) groups excluding carboxylic acids is 2. The molecular weight excluding hydrogens is 462 g/mol. The summed E-state index contributed by atoms with van der Waals surface area (Å²) in [4.78, 5) is 29.3. The number of alkyl halides is 1. The number of amides is 2. The molecule has 9 heteroatoms. The number of piperidine rings is 1. The molecule has 1 fully saturated rings. The van der Waals surface area contributed by atoms with Gasteiger partial charge in [-0.2, -0.15) is 4.31 Å². The molecule has 0 aromatic heterocycles. The number of hydrogen-bond donors (Lipinski definition) is 0. The second-order valence-electron chi connectivity index (χ2n) is 9.18. The van der Waals surface area contributed by atoms with E-state index in [1.807, 2.05) is 51.1 Å². The Labute approximate surface area is 204 Å². The molecular formula is C24H38ClN3O4S. The topological polar surface area (TPSA) is 78.0 Å². The predicted octanol–water partition coefficient (Wildman–Crippen LogP) is 3.33. The Morgan fingerprint density at radius 1 is 1.12 bits per heavy atom. The van der Waals surface area contributed by atoms with Gasteiger partial charge in [-0.15, -0.1) is 11.6 Å². The van der Waals surface area contributed by atoms with Crippen molar-refractivity contribution in [2.45, 2.75) is 64.9 Å². The van der Waals surface area contributed by atoms with Crippen LogP contribution in [0.1, 0.15) is 52.5 Å². The van der Waals surface area contributed by atoms with Crippen LogP contribution < -0.4 is 0 Å². The third-order valence-corrected chi connectivity index (χ3v) is 7.98. The van der Waals surface area contributed by atoms with Crippen molar-refractivity contribution in [2.75, 3.05) is 31.9 Å². The number of likely N-dealkylation sites (tertiary alicyclic amines) is 1. The third kappa shape index (κ3) is 8.26. The Kier molecular flexibility index (Phi) is 10.6. The lowest BCUT2D eigenvalue weighted by molar-refractivity contribution is -0.137. The lowest BCUT2D eigenvalue weighted by atomic mass is 10.0. The molecule has 0 radical (unpaired) electrons. The monoisotopic (exact) mass is 499 g/mol. The summed E-state index contributed by atoms with van der Waals surface area (Å²) in [6, 6.07) is 9.65. The van der Waals surface area contributed by atoms with Crippen molar-refractivity contribution in [3.05, 3.63) is 35.9 Å². The van der Waals surface area contributed by atoms with Gasteiger partial charge < -0.3 is 9.80 Å². The van der Waals surface area contributed by atoms with Crippen LogP contribution in [0.4, 0.5) is 0 Å². The molecule has 0 N–H and O–H groups in total. The van der Waals surface area contributed by atoms with E-state index >= 15 is 0 Å². The molecule has 2 rings (SSSR count). The van der Waals surface area contributed by atoms with E-state index in [2.05, 4.69) is 0 Å². The zero-order chi connectivity index (χ0) is 24.6. The number of benzene rings is 1. The molecule has 1 aromatic rings. The third-order valence-electron chi connectivity index (χ3n) is 5.81. The summed E-state index contributed by atoms with van der Waals surface area (Å²) in [7, 11) is -3.51. The molecule has 186 valence electrons. The summed E-state index contributed by atoms with van der Waals surface area (Å²) in [5.74, 6) is -0.152. The van der Waals surface area contributed by atoms with Crippen LogP contribution in [0.15, 0.2) is 30.3 Å². The van der Waals surface area contributed by atoms with Crippen LogP contribution in [0.3, 0.4) is 0 Å². The van der Waals surface area contributed by atoms with Crippen molar-refractivity contribution >= 4 is 33.4 Å². The first kappa shape index (κ1) is 27.6. The summed E-state index contributed by atoms with van der Waals surface area (Å²) in [5, 5.41) is -0.572. The lowest BCUT2D eigenvalue weighted by Gasteiger charge is -2.39. The molecule has 1 heterocycles. The van der Waals surface area contributed by atoms with Crippen LogP contribution in [-0.2, 0) is 26.2 Å². The Morgan fingerprint density at radius 2 is 1.73 bits per heavy atom. The highest BCUT2D eigenvalue weighted by Crippen LogP contribution is 2.22. The average molecular weight is 500 g/mol. The van der Waals surface area contributed by atoms with Gasteiger partial charge in [0.2, 0.25) is 21.8 Å². The number of hydrogen-bond acceptors (Lipinski definition) is 4. The van der Waals surface area contributed by atoms with E-state index in [1.165, 1.54) is 4.31 Å². The quantitative estimate of drug-likeness (QED) is 0.437. The molecule has 0 aliphatic carbocycles.